The number of carbonyl (C=O) groups excluding carboxylic acids is 1. The fraction of sp³-hybridized carbons (Fsp3) is 0.692. The Bertz CT molecular complexity index is 373. The number of carboxylic acids is 1. The molecule has 0 aromatic carbocycles. The van der Waals surface area contributed by atoms with Gasteiger partial charge in [-0.1, -0.05) is 26.0 Å². The van der Waals surface area contributed by atoms with Gasteiger partial charge in [0.1, 0.15) is 0 Å². The smallest absolute Gasteiger partial charge is 0.307 e. The van der Waals surface area contributed by atoms with E-state index in [4.69, 9.17) is 5.11 Å². The lowest BCUT2D eigenvalue weighted by Crippen LogP contribution is -2.37. The molecule has 17 heavy (non-hydrogen) atoms. The van der Waals surface area contributed by atoms with Crippen molar-refractivity contribution in [3.05, 3.63) is 12.2 Å². The van der Waals surface area contributed by atoms with Crippen LogP contribution < -0.4 is 5.32 Å². The number of hydrogen-bond donors (Lipinski definition) is 2. The minimum absolute atomic E-state index is 0.0947. The Balaban J connectivity index is 1.93. The lowest BCUT2D eigenvalue weighted by Gasteiger charge is -2.19. The molecule has 94 valence electrons. The van der Waals surface area contributed by atoms with Crippen LogP contribution in [0.2, 0.25) is 0 Å². The highest BCUT2D eigenvalue weighted by Gasteiger charge is 2.65. The predicted molar refractivity (Wildman–Crippen MR) is 63.3 cm³/mol. The Morgan fingerprint density at radius 3 is 2.47 bits per heavy atom. The zero-order chi connectivity index (χ0) is 12.6. The van der Waals surface area contributed by atoms with Crippen LogP contribution in [0.3, 0.4) is 0 Å². The zero-order valence-corrected chi connectivity index (χ0v) is 10.3. The summed E-state index contributed by atoms with van der Waals surface area (Å²) in [6.07, 6.45) is 6.98. The summed E-state index contributed by atoms with van der Waals surface area (Å²) in [7, 11) is 0. The summed E-state index contributed by atoms with van der Waals surface area (Å²) < 4.78 is 0. The van der Waals surface area contributed by atoms with E-state index in [2.05, 4.69) is 17.5 Å². The molecule has 2 aliphatic rings. The first-order valence-electron chi connectivity index (χ1n) is 6.12. The van der Waals surface area contributed by atoms with Crippen molar-refractivity contribution in [2.45, 2.75) is 39.2 Å². The van der Waals surface area contributed by atoms with Gasteiger partial charge in [-0.15, -0.1) is 0 Å². The van der Waals surface area contributed by atoms with Gasteiger partial charge in [0.2, 0.25) is 5.91 Å². The number of carbonyl (C=O) groups is 2. The summed E-state index contributed by atoms with van der Waals surface area (Å²) in [6.45, 7) is 3.69. The van der Waals surface area contributed by atoms with Gasteiger partial charge in [0.15, 0.2) is 0 Å². The third kappa shape index (κ3) is 2.21. The van der Waals surface area contributed by atoms with Crippen LogP contribution >= 0.6 is 0 Å². The monoisotopic (exact) mass is 237 g/mol. The second-order valence-electron chi connectivity index (χ2n) is 5.60. The minimum atomic E-state index is -0.862. The van der Waals surface area contributed by atoms with Crippen LogP contribution in [0.5, 0.6) is 0 Å². The molecule has 2 N–H and O–H groups in total. The van der Waals surface area contributed by atoms with E-state index < -0.39 is 17.3 Å². The largest absolute Gasteiger partial charge is 0.481 e. The van der Waals surface area contributed by atoms with Crippen LogP contribution in [0, 0.1) is 17.3 Å². The Morgan fingerprint density at radius 1 is 1.29 bits per heavy atom. The van der Waals surface area contributed by atoms with Gasteiger partial charge >= 0.3 is 5.97 Å². The van der Waals surface area contributed by atoms with E-state index >= 15 is 0 Å². The molecule has 1 fully saturated rings. The molecule has 0 saturated heterocycles. The highest BCUT2D eigenvalue weighted by Crippen LogP contribution is 2.58. The lowest BCUT2D eigenvalue weighted by atomic mass is 10.0. The molecule has 3 atom stereocenters. The van der Waals surface area contributed by atoms with E-state index in [0.29, 0.717) is 0 Å². The second-order valence-corrected chi connectivity index (χ2v) is 5.60. The van der Waals surface area contributed by atoms with Crippen molar-refractivity contribution in [3.8, 4) is 0 Å². The number of hydrogen-bond acceptors (Lipinski definition) is 2. The van der Waals surface area contributed by atoms with E-state index in [9.17, 15) is 9.59 Å². The maximum atomic E-state index is 12.0. The van der Waals surface area contributed by atoms with Crippen molar-refractivity contribution in [3.63, 3.8) is 0 Å². The topological polar surface area (TPSA) is 66.4 Å². The Morgan fingerprint density at radius 2 is 2.00 bits per heavy atom. The van der Waals surface area contributed by atoms with Crippen molar-refractivity contribution in [1.82, 2.24) is 5.32 Å². The van der Waals surface area contributed by atoms with E-state index in [-0.39, 0.29) is 17.9 Å². The zero-order valence-electron chi connectivity index (χ0n) is 10.3. The summed E-state index contributed by atoms with van der Waals surface area (Å²) in [5.74, 6) is -1.85. The number of amides is 1. The highest BCUT2D eigenvalue weighted by molar-refractivity contribution is 5.91. The van der Waals surface area contributed by atoms with Crippen LogP contribution in [0.4, 0.5) is 0 Å². The summed E-state index contributed by atoms with van der Waals surface area (Å²) >= 11 is 0. The first-order valence-corrected chi connectivity index (χ1v) is 6.12. The number of rotatable bonds is 3. The van der Waals surface area contributed by atoms with E-state index in [1.807, 2.05) is 13.8 Å². The molecule has 0 spiro atoms. The molecule has 4 heteroatoms. The number of nitrogens with one attached hydrogen (secondary N) is 1. The molecule has 1 saturated carbocycles. The molecule has 0 aromatic rings. The number of aliphatic carboxylic acids is 1. The predicted octanol–water partition coefficient (Wildman–Crippen LogP) is 1.57. The normalized spacial score (nSPS) is 34.1. The number of carboxylic acid groups (broad SMARTS) is 1. The van der Waals surface area contributed by atoms with Crippen molar-refractivity contribution in [2.75, 3.05) is 0 Å². The quantitative estimate of drug-likeness (QED) is 0.732. The molecular weight excluding hydrogens is 218 g/mol. The van der Waals surface area contributed by atoms with Gasteiger partial charge in [0.25, 0.3) is 0 Å². The average Bonchev–Trinajstić information content (AvgIpc) is 2.83. The Kier molecular flexibility index (Phi) is 2.98. The summed E-state index contributed by atoms with van der Waals surface area (Å²) in [5, 5.41) is 12.0. The molecular formula is C13H19NO3. The van der Waals surface area contributed by atoms with Crippen molar-refractivity contribution in [2.24, 2.45) is 17.3 Å². The molecule has 0 bridgehead atoms. The standard InChI is InChI=1S/C13H19NO3/c1-13(2)9(10(13)12(16)17)11(15)14-8-6-4-3-5-7-8/h3-4,8-10H,5-7H2,1-2H3,(H,14,15)(H,16,17)/t8?,9-,10+/m1/s1. The Labute approximate surface area is 101 Å². The maximum Gasteiger partial charge on any atom is 0.307 e. The van der Waals surface area contributed by atoms with Crippen LogP contribution in [0.25, 0.3) is 0 Å². The second kappa shape index (κ2) is 4.17. The molecule has 4 nitrogen and oxygen atoms in total. The maximum absolute atomic E-state index is 12.0. The van der Waals surface area contributed by atoms with Crippen LogP contribution in [0.1, 0.15) is 33.1 Å². The summed E-state index contributed by atoms with van der Waals surface area (Å²) in [6, 6.07) is 0.179. The van der Waals surface area contributed by atoms with Gasteiger partial charge in [0.05, 0.1) is 11.8 Å². The van der Waals surface area contributed by atoms with Crippen molar-refractivity contribution in [1.29, 1.82) is 0 Å². The van der Waals surface area contributed by atoms with Crippen LogP contribution in [0.15, 0.2) is 12.2 Å². The van der Waals surface area contributed by atoms with Gasteiger partial charge in [-0.2, -0.15) is 0 Å². The van der Waals surface area contributed by atoms with Crippen LogP contribution in [-0.2, 0) is 9.59 Å². The fourth-order valence-corrected chi connectivity index (χ4v) is 2.80. The molecule has 1 amide bonds. The summed E-state index contributed by atoms with van der Waals surface area (Å²) in [4.78, 5) is 23.0. The van der Waals surface area contributed by atoms with Gasteiger partial charge in [0, 0.05) is 6.04 Å². The molecule has 0 aliphatic heterocycles. The third-order valence-corrected chi connectivity index (χ3v) is 3.99. The molecule has 0 heterocycles. The van der Waals surface area contributed by atoms with Gasteiger partial charge in [-0.05, 0) is 24.7 Å². The van der Waals surface area contributed by atoms with Gasteiger partial charge in [-0.25, -0.2) is 0 Å². The average molecular weight is 237 g/mol. The van der Waals surface area contributed by atoms with E-state index in [0.717, 1.165) is 19.3 Å². The molecule has 2 aliphatic carbocycles. The van der Waals surface area contributed by atoms with E-state index in [1.165, 1.54) is 0 Å². The molecule has 0 radical (unpaired) electrons. The van der Waals surface area contributed by atoms with Gasteiger partial charge in [-0.3, -0.25) is 9.59 Å². The highest BCUT2D eigenvalue weighted by atomic mass is 16.4. The third-order valence-electron chi connectivity index (χ3n) is 3.99. The minimum Gasteiger partial charge on any atom is -0.481 e. The number of allylic oxidation sites excluding steroid dienone is 1. The summed E-state index contributed by atoms with van der Waals surface area (Å²) in [5.41, 5.74) is -0.402. The first-order chi connectivity index (χ1) is 7.94. The first kappa shape index (κ1) is 12.1. The molecule has 0 aromatic heterocycles. The lowest BCUT2D eigenvalue weighted by molar-refractivity contribution is -0.140. The van der Waals surface area contributed by atoms with Crippen molar-refractivity contribution >= 4 is 11.9 Å². The molecule has 2 rings (SSSR count). The van der Waals surface area contributed by atoms with Gasteiger partial charge < -0.3 is 10.4 Å². The van der Waals surface area contributed by atoms with Crippen LogP contribution in [-0.4, -0.2) is 23.0 Å². The SMILES string of the molecule is CC1(C)[C@H](C(=O)O)[C@@H]1C(=O)NC1CC=CCC1. The van der Waals surface area contributed by atoms with E-state index in [1.54, 1.807) is 0 Å². The Hall–Kier alpha value is -1.32. The fourth-order valence-electron chi connectivity index (χ4n) is 2.80. The molecule has 1 unspecified atom stereocenters. The van der Waals surface area contributed by atoms with Crippen molar-refractivity contribution < 1.29 is 14.7 Å².